The molecule has 0 radical (unpaired) electrons. The van der Waals surface area contributed by atoms with Gasteiger partial charge in [0, 0.05) is 4.70 Å². The van der Waals surface area contributed by atoms with Gasteiger partial charge in [-0.15, -0.1) is 11.3 Å². The third kappa shape index (κ3) is 2.13. The van der Waals surface area contributed by atoms with E-state index in [1.54, 1.807) is 22.3 Å². The normalized spacial score (nSPS) is 23.8. The van der Waals surface area contributed by atoms with Crippen LogP contribution in [0.25, 0.3) is 10.1 Å². The average molecular weight is 361 g/mol. The minimum absolute atomic E-state index is 0.245. The number of rotatable bonds is 1. The lowest BCUT2D eigenvalue weighted by molar-refractivity contribution is 0.138. The van der Waals surface area contributed by atoms with Crippen molar-refractivity contribution in [2.24, 2.45) is 11.8 Å². The van der Waals surface area contributed by atoms with E-state index in [4.69, 9.17) is 0 Å². The molecule has 0 bridgehead atoms. The maximum atomic E-state index is 2.49. The molecule has 0 spiro atoms. The third-order valence-corrected chi connectivity index (χ3v) is 8.31. The molecule has 0 aliphatic heterocycles. The van der Waals surface area contributed by atoms with Crippen LogP contribution in [0.3, 0.4) is 0 Å². The van der Waals surface area contributed by atoms with Crippen molar-refractivity contribution in [1.29, 1.82) is 0 Å². The Morgan fingerprint density at radius 3 is 2.27 bits per heavy atom. The van der Waals surface area contributed by atoms with E-state index in [0.29, 0.717) is 5.92 Å². The Morgan fingerprint density at radius 1 is 0.885 bits per heavy atom. The molecular weight excluding hydrogens is 332 g/mol. The van der Waals surface area contributed by atoms with Crippen molar-refractivity contribution in [1.82, 2.24) is 0 Å². The molecule has 134 valence electrons. The fourth-order valence-corrected chi connectivity index (χ4v) is 7.47. The van der Waals surface area contributed by atoms with Gasteiger partial charge in [0.05, 0.1) is 0 Å². The van der Waals surface area contributed by atoms with Gasteiger partial charge in [0.25, 0.3) is 0 Å². The summed E-state index contributed by atoms with van der Waals surface area (Å²) in [6.07, 6.45) is 3.81. The second-order valence-electron chi connectivity index (χ2n) is 9.51. The predicted molar refractivity (Wildman–Crippen MR) is 113 cm³/mol. The minimum Gasteiger partial charge on any atom is -0.144 e. The molecule has 0 N–H and O–H groups in total. The Balaban J connectivity index is 1.57. The van der Waals surface area contributed by atoms with Crippen LogP contribution in [-0.4, -0.2) is 0 Å². The van der Waals surface area contributed by atoms with E-state index in [1.165, 1.54) is 29.3 Å². The van der Waals surface area contributed by atoms with Crippen molar-refractivity contribution in [3.05, 3.63) is 70.1 Å². The smallest absolute Gasteiger partial charge is 0.0345 e. The third-order valence-electron chi connectivity index (χ3n) is 7.43. The quantitative estimate of drug-likeness (QED) is 0.443. The summed E-state index contributed by atoms with van der Waals surface area (Å²) >= 11 is 1.88. The fourth-order valence-electron chi connectivity index (χ4n) is 6.66. The number of aryl methyl sites for hydroxylation is 1. The zero-order chi connectivity index (χ0) is 18.1. The van der Waals surface area contributed by atoms with E-state index < -0.39 is 0 Å². The van der Waals surface area contributed by atoms with Crippen LogP contribution in [0, 0.1) is 11.8 Å². The molecule has 1 heteroatoms. The molecule has 2 aliphatic rings. The van der Waals surface area contributed by atoms with Gasteiger partial charge in [-0.1, -0.05) is 58.0 Å². The summed E-state index contributed by atoms with van der Waals surface area (Å²) < 4.78 is 1.45. The molecule has 0 saturated carbocycles. The standard InChI is InChI=1S/C25H28S/c1-24(2)20-7-5-6-8-21(20)25(3,4)23(24)17-9-11-18-16(15-17)10-12-22-19(18)13-14-26-22/h5-8,10,12-14,17,23H,9,11,15H2,1-4H3. The van der Waals surface area contributed by atoms with Gasteiger partial charge in [-0.2, -0.15) is 0 Å². The van der Waals surface area contributed by atoms with Crippen LogP contribution in [0.1, 0.15) is 56.4 Å². The molecule has 0 nitrogen and oxygen atoms in total. The summed E-state index contributed by atoms with van der Waals surface area (Å²) in [5, 5.41) is 3.76. The van der Waals surface area contributed by atoms with Gasteiger partial charge in [-0.25, -0.2) is 0 Å². The molecule has 1 aromatic heterocycles. The molecule has 2 aliphatic carbocycles. The van der Waals surface area contributed by atoms with Crippen LogP contribution in [0.5, 0.6) is 0 Å². The van der Waals surface area contributed by atoms with E-state index in [-0.39, 0.29) is 10.8 Å². The van der Waals surface area contributed by atoms with Crippen LogP contribution >= 0.6 is 11.3 Å². The summed E-state index contributed by atoms with van der Waals surface area (Å²) in [4.78, 5) is 0. The summed E-state index contributed by atoms with van der Waals surface area (Å²) in [5.41, 5.74) is 6.88. The molecule has 0 amide bonds. The molecule has 26 heavy (non-hydrogen) atoms. The number of fused-ring (bicyclic) bond motifs is 4. The van der Waals surface area contributed by atoms with Crippen molar-refractivity contribution in [3.63, 3.8) is 0 Å². The van der Waals surface area contributed by atoms with Gasteiger partial charge in [0.1, 0.15) is 0 Å². The zero-order valence-corrected chi connectivity index (χ0v) is 17.1. The van der Waals surface area contributed by atoms with Crippen LogP contribution in [-0.2, 0) is 23.7 Å². The van der Waals surface area contributed by atoms with E-state index in [2.05, 4.69) is 75.5 Å². The largest absolute Gasteiger partial charge is 0.144 e. The second kappa shape index (κ2) is 5.45. The Bertz CT molecular complexity index is 953. The first-order valence-corrected chi connectivity index (χ1v) is 10.9. The van der Waals surface area contributed by atoms with Crippen LogP contribution in [0.15, 0.2) is 47.8 Å². The van der Waals surface area contributed by atoms with Crippen LogP contribution in [0.4, 0.5) is 0 Å². The molecule has 3 aromatic rings. The fraction of sp³-hybridized carbons (Fsp3) is 0.440. The Kier molecular flexibility index (Phi) is 3.47. The first-order chi connectivity index (χ1) is 12.4. The molecule has 1 heterocycles. The maximum Gasteiger partial charge on any atom is 0.0345 e. The Hall–Kier alpha value is -1.60. The van der Waals surface area contributed by atoms with E-state index in [0.717, 1.165) is 5.92 Å². The van der Waals surface area contributed by atoms with Gasteiger partial charge >= 0.3 is 0 Å². The maximum absolute atomic E-state index is 2.49. The van der Waals surface area contributed by atoms with Gasteiger partial charge in [-0.05, 0) is 87.1 Å². The highest BCUT2D eigenvalue weighted by molar-refractivity contribution is 7.17. The second-order valence-corrected chi connectivity index (χ2v) is 10.5. The van der Waals surface area contributed by atoms with Gasteiger partial charge in [-0.3, -0.25) is 0 Å². The minimum atomic E-state index is 0.245. The summed E-state index contributed by atoms with van der Waals surface area (Å²) in [6, 6.07) is 16.3. The summed E-state index contributed by atoms with van der Waals surface area (Å²) in [6.45, 7) is 9.96. The number of benzene rings is 2. The average Bonchev–Trinajstić information content (AvgIpc) is 3.15. The first-order valence-electron chi connectivity index (χ1n) is 9.98. The molecule has 0 saturated heterocycles. The van der Waals surface area contributed by atoms with Crippen molar-refractivity contribution < 1.29 is 0 Å². The summed E-state index contributed by atoms with van der Waals surface area (Å²) in [7, 11) is 0. The van der Waals surface area contributed by atoms with Crippen molar-refractivity contribution in [2.75, 3.05) is 0 Å². The lowest BCUT2D eigenvalue weighted by Crippen LogP contribution is -2.41. The van der Waals surface area contributed by atoms with Crippen LogP contribution in [0.2, 0.25) is 0 Å². The SMILES string of the molecule is CC1(C)c2ccccc2C(C)(C)C1C1CCc2c(ccc3sccc23)C1. The highest BCUT2D eigenvalue weighted by atomic mass is 32.1. The topological polar surface area (TPSA) is 0 Å². The van der Waals surface area contributed by atoms with E-state index >= 15 is 0 Å². The van der Waals surface area contributed by atoms with E-state index in [1.807, 2.05) is 11.3 Å². The first kappa shape index (κ1) is 16.6. The lowest BCUT2D eigenvalue weighted by Gasteiger charge is -2.44. The highest BCUT2D eigenvalue weighted by Crippen LogP contribution is 2.58. The van der Waals surface area contributed by atoms with Gasteiger partial charge < -0.3 is 0 Å². The van der Waals surface area contributed by atoms with E-state index in [9.17, 15) is 0 Å². The van der Waals surface area contributed by atoms with Gasteiger partial charge in [0.15, 0.2) is 0 Å². The van der Waals surface area contributed by atoms with Crippen molar-refractivity contribution >= 4 is 21.4 Å². The predicted octanol–water partition coefficient (Wildman–Crippen LogP) is 6.89. The highest BCUT2D eigenvalue weighted by Gasteiger charge is 2.53. The number of thiophene rings is 1. The zero-order valence-electron chi connectivity index (χ0n) is 16.3. The Morgan fingerprint density at radius 2 is 1.58 bits per heavy atom. The Labute approximate surface area is 161 Å². The molecular formula is C25H28S. The van der Waals surface area contributed by atoms with Crippen LogP contribution < -0.4 is 0 Å². The monoisotopic (exact) mass is 360 g/mol. The molecule has 5 rings (SSSR count). The molecule has 2 aromatic carbocycles. The number of hydrogen-bond donors (Lipinski definition) is 0. The van der Waals surface area contributed by atoms with Crippen molar-refractivity contribution in [3.8, 4) is 0 Å². The van der Waals surface area contributed by atoms with Crippen molar-refractivity contribution in [2.45, 2.75) is 57.8 Å². The number of hydrogen-bond acceptors (Lipinski definition) is 1. The molecule has 1 unspecified atom stereocenters. The lowest BCUT2D eigenvalue weighted by atomic mass is 9.60. The summed E-state index contributed by atoms with van der Waals surface area (Å²) in [5.74, 6) is 1.45. The molecule has 0 fully saturated rings. The van der Waals surface area contributed by atoms with Gasteiger partial charge in [0.2, 0.25) is 0 Å². The molecule has 1 atom stereocenters.